The van der Waals surface area contributed by atoms with Crippen molar-refractivity contribution >= 4 is 59.1 Å². The van der Waals surface area contributed by atoms with Crippen molar-refractivity contribution in [3.05, 3.63) is 40.3 Å². The Morgan fingerprint density at radius 1 is 1.24 bits per heavy atom. The zero-order valence-corrected chi connectivity index (χ0v) is 13.7. The molecule has 6 nitrogen and oxygen atoms in total. The quantitative estimate of drug-likeness (QED) is 0.723. The molecule has 21 heavy (non-hydrogen) atoms. The summed E-state index contributed by atoms with van der Waals surface area (Å²) in [5.41, 5.74) is 6.24. The summed E-state index contributed by atoms with van der Waals surface area (Å²) >= 11 is 4.44. The van der Waals surface area contributed by atoms with Crippen LogP contribution in [-0.4, -0.2) is 18.4 Å². The minimum atomic E-state index is -3.68. The van der Waals surface area contributed by atoms with Crippen molar-refractivity contribution in [3.63, 3.8) is 0 Å². The molecule has 0 aliphatic rings. The molecule has 9 heteroatoms. The van der Waals surface area contributed by atoms with Gasteiger partial charge in [-0.2, -0.15) is 0 Å². The number of thiazole rings is 1. The summed E-state index contributed by atoms with van der Waals surface area (Å²) < 4.78 is 27.8. The van der Waals surface area contributed by atoms with Gasteiger partial charge in [-0.3, -0.25) is 4.72 Å². The molecule has 0 amide bonds. The number of anilines is 2. The number of aromatic nitrogens is 2. The topological polar surface area (TPSA) is 98.0 Å². The maximum atomic E-state index is 12.3. The number of nitrogens with zero attached hydrogens (tertiary/aromatic N) is 2. The summed E-state index contributed by atoms with van der Waals surface area (Å²) in [4.78, 5) is 8.23. The number of nitrogen functional groups attached to an aromatic ring is 1. The average Bonchev–Trinajstić information content (AvgIpc) is 2.82. The molecule has 0 bridgehead atoms. The summed E-state index contributed by atoms with van der Waals surface area (Å²) in [7, 11) is -3.68. The van der Waals surface area contributed by atoms with Crippen LogP contribution in [0.2, 0.25) is 0 Å². The second kappa shape index (κ2) is 5.24. The summed E-state index contributed by atoms with van der Waals surface area (Å²) in [6.45, 7) is 0. The van der Waals surface area contributed by atoms with Gasteiger partial charge in [0, 0.05) is 5.39 Å². The highest BCUT2D eigenvalue weighted by atomic mass is 79.9. The predicted octanol–water partition coefficient (Wildman–Crippen LogP) is 2.84. The van der Waals surface area contributed by atoms with Crippen LogP contribution < -0.4 is 10.5 Å². The third-order valence-electron chi connectivity index (χ3n) is 2.69. The van der Waals surface area contributed by atoms with Gasteiger partial charge < -0.3 is 5.73 Å². The van der Waals surface area contributed by atoms with E-state index < -0.39 is 10.0 Å². The molecule has 108 valence electrons. The number of hydrogen-bond donors (Lipinski definition) is 2. The lowest BCUT2D eigenvalue weighted by Crippen LogP contribution is -2.12. The monoisotopic (exact) mass is 384 g/mol. The second-order valence-electron chi connectivity index (χ2n) is 4.17. The van der Waals surface area contributed by atoms with Gasteiger partial charge in [-0.15, -0.1) is 0 Å². The molecule has 3 rings (SSSR count). The standard InChI is InChI=1S/C12H9BrN4O2S2/c13-10-6-15-12(20-10)17-21(18,19)8-2-3-9-7(5-8)1-4-11(14)16-9/h1-6H,(H2,14,16)(H,15,17). The molecule has 3 N–H and O–H groups in total. The molecule has 2 heterocycles. The number of nitrogens with two attached hydrogens (primary N) is 1. The van der Waals surface area contributed by atoms with Crippen LogP contribution >= 0.6 is 27.3 Å². The molecule has 0 fully saturated rings. The van der Waals surface area contributed by atoms with Crippen LogP contribution in [0.25, 0.3) is 10.9 Å². The van der Waals surface area contributed by atoms with Gasteiger partial charge in [0.1, 0.15) is 5.82 Å². The van der Waals surface area contributed by atoms with Crippen LogP contribution in [0.1, 0.15) is 0 Å². The SMILES string of the molecule is Nc1ccc2cc(S(=O)(=O)Nc3ncc(Br)s3)ccc2n1. The Balaban J connectivity index is 2.00. The van der Waals surface area contributed by atoms with E-state index in [1.165, 1.54) is 23.6 Å². The minimum Gasteiger partial charge on any atom is -0.384 e. The Labute approximate surface area is 133 Å². The number of rotatable bonds is 3. The molecule has 2 aromatic heterocycles. The molecule has 3 aromatic rings. The van der Waals surface area contributed by atoms with Crippen molar-refractivity contribution < 1.29 is 8.42 Å². The van der Waals surface area contributed by atoms with E-state index in [1.54, 1.807) is 24.3 Å². The minimum absolute atomic E-state index is 0.146. The summed E-state index contributed by atoms with van der Waals surface area (Å²) in [6, 6.07) is 8.02. The maximum Gasteiger partial charge on any atom is 0.263 e. The van der Waals surface area contributed by atoms with Gasteiger partial charge in [-0.05, 0) is 46.3 Å². The number of fused-ring (bicyclic) bond motifs is 1. The Hall–Kier alpha value is -1.71. The molecule has 0 saturated heterocycles. The molecular formula is C12H9BrN4O2S2. The molecule has 0 radical (unpaired) electrons. The van der Waals surface area contributed by atoms with Gasteiger partial charge in [0.25, 0.3) is 10.0 Å². The zero-order valence-electron chi connectivity index (χ0n) is 10.4. The summed E-state index contributed by atoms with van der Waals surface area (Å²) in [5.74, 6) is 0.392. The lowest BCUT2D eigenvalue weighted by molar-refractivity contribution is 0.601. The molecule has 0 aliphatic carbocycles. The van der Waals surface area contributed by atoms with E-state index in [1.807, 2.05) is 0 Å². The van der Waals surface area contributed by atoms with E-state index >= 15 is 0 Å². The molecule has 1 aromatic carbocycles. The number of halogens is 1. The predicted molar refractivity (Wildman–Crippen MR) is 86.8 cm³/mol. The van der Waals surface area contributed by atoms with Gasteiger partial charge in [-0.1, -0.05) is 11.3 Å². The fraction of sp³-hybridized carbons (Fsp3) is 0. The lowest BCUT2D eigenvalue weighted by Gasteiger charge is -2.06. The fourth-order valence-corrected chi connectivity index (χ4v) is 4.15. The lowest BCUT2D eigenvalue weighted by atomic mass is 10.2. The first kappa shape index (κ1) is 14.2. The van der Waals surface area contributed by atoms with Crippen molar-refractivity contribution in [2.45, 2.75) is 4.90 Å². The normalized spacial score (nSPS) is 11.7. The van der Waals surface area contributed by atoms with E-state index in [-0.39, 0.29) is 4.90 Å². The van der Waals surface area contributed by atoms with Gasteiger partial charge in [0.15, 0.2) is 5.13 Å². The number of hydrogen-bond acceptors (Lipinski definition) is 6. The Bertz CT molecular complexity index is 924. The van der Waals surface area contributed by atoms with Crippen LogP contribution in [0, 0.1) is 0 Å². The van der Waals surface area contributed by atoms with Crippen molar-refractivity contribution in [2.75, 3.05) is 10.5 Å². The second-order valence-corrected chi connectivity index (χ2v) is 8.26. The molecule has 0 aliphatic heterocycles. The Morgan fingerprint density at radius 2 is 2.05 bits per heavy atom. The zero-order chi connectivity index (χ0) is 15.0. The highest BCUT2D eigenvalue weighted by Crippen LogP contribution is 2.26. The van der Waals surface area contributed by atoms with Crippen molar-refractivity contribution in [1.82, 2.24) is 9.97 Å². The van der Waals surface area contributed by atoms with Gasteiger partial charge in [0.2, 0.25) is 0 Å². The van der Waals surface area contributed by atoms with Crippen LogP contribution in [0.5, 0.6) is 0 Å². The average molecular weight is 385 g/mol. The van der Waals surface area contributed by atoms with Crippen LogP contribution in [0.4, 0.5) is 10.9 Å². The third-order valence-corrected chi connectivity index (χ3v) is 5.55. The largest absolute Gasteiger partial charge is 0.384 e. The van der Waals surface area contributed by atoms with Crippen molar-refractivity contribution in [1.29, 1.82) is 0 Å². The molecule has 0 atom stereocenters. The Kier molecular flexibility index (Phi) is 3.56. The highest BCUT2D eigenvalue weighted by molar-refractivity contribution is 9.11. The maximum absolute atomic E-state index is 12.3. The van der Waals surface area contributed by atoms with E-state index in [0.717, 1.165) is 3.79 Å². The van der Waals surface area contributed by atoms with Crippen LogP contribution in [0.3, 0.4) is 0 Å². The highest BCUT2D eigenvalue weighted by Gasteiger charge is 2.16. The van der Waals surface area contributed by atoms with Crippen LogP contribution in [0.15, 0.2) is 45.2 Å². The first-order valence-electron chi connectivity index (χ1n) is 5.74. The first-order chi connectivity index (χ1) is 9.94. The van der Waals surface area contributed by atoms with Gasteiger partial charge in [0.05, 0.1) is 20.4 Å². The summed E-state index contributed by atoms with van der Waals surface area (Å²) in [5, 5.41) is 1.00. The number of nitrogens with one attached hydrogen (secondary N) is 1. The smallest absolute Gasteiger partial charge is 0.263 e. The number of pyridine rings is 1. The van der Waals surface area contributed by atoms with Gasteiger partial charge >= 0.3 is 0 Å². The van der Waals surface area contributed by atoms with E-state index in [2.05, 4.69) is 30.6 Å². The van der Waals surface area contributed by atoms with E-state index in [0.29, 0.717) is 21.9 Å². The number of benzene rings is 1. The molecule has 0 saturated carbocycles. The van der Waals surface area contributed by atoms with Crippen molar-refractivity contribution in [3.8, 4) is 0 Å². The van der Waals surface area contributed by atoms with E-state index in [4.69, 9.17) is 5.73 Å². The third kappa shape index (κ3) is 2.99. The van der Waals surface area contributed by atoms with Crippen LogP contribution in [-0.2, 0) is 10.0 Å². The fourth-order valence-electron chi connectivity index (χ4n) is 1.76. The van der Waals surface area contributed by atoms with E-state index in [9.17, 15) is 8.42 Å². The molecular weight excluding hydrogens is 376 g/mol. The first-order valence-corrected chi connectivity index (χ1v) is 8.84. The molecule has 0 spiro atoms. The summed E-state index contributed by atoms with van der Waals surface area (Å²) in [6.07, 6.45) is 1.54. The van der Waals surface area contributed by atoms with Crippen molar-refractivity contribution in [2.24, 2.45) is 0 Å². The number of sulfonamides is 1. The van der Waals surface area contributed by atoms with Gasteiger partial charge in [-0.25, -0.2) is 18.4 Å². The Morgan fingerprint density at radius 3 is 2.76 bits per heavy atom. The molecule has 0 unspecified atom stereocenters.